The summed E-state index contributed by atoms with van der Waals surface area (Å²) in [6.07, 6.45) is 9.47. The number of nitrogens with one attached hydrogen (secondary N) is 4. The molecule has 0 aromatic carbocycles. The molecule has 2 atom stereocenters. The van der Waals surface area contributed by atoms with Gasteiger partial charge in [0.05, 0.1) is 13.0 Å². The molecule has 11 nitrogen and oxygen atoms in total. The number of hydrogen-bond donors (Lipinski definition) is 5. The Hall–Kier alpha value is -2.69. The summed E-state index contributed by atoms with van der Waals surface area (Å²) in [7, 11) is 0. The Kier molecular flexibility index (Phi) is 14.9. The van der Waals surface area contributed by atoms with Crippen molar-refractivity contribution in [3.05, 3.63) is 0 Å². The van der Waals surface area contributed by atoms with Crippen molar-refractivity contribution in [1.29, 1.82) is 0 Å². The molecule has 222 valence electrons. The minimum absolute atomic E-state index is 0.135. The first-order chi connectivity index (χ1) is 18.7. The molecule has 1 saturated carbocycles. The summed E-state index contributed by atoms with van der Waals surface area (Å²) in [5.41, 5.74) is 0. The van der Waals surface area contributed by atoms with Crippen LogP contribution < -0.4 is 21.3 Å². The fourth-order valence-corrected chi connectivity index (χ4v) is 5.60. The van der Waals surface area contributed by atoms with Crippen molar-refractivity contribution < 1.29 is 29.1 Å². The van der Waals surface area contributed by atoms with Crippen LogP contribution in [0, 0.1) is 11.8 Å². The largest absolute Gasteiger partial charge is 0.481 e. The summed E-state index contributed by atoms with van der Waals surface area (Å²) in [6.45, 7) is 6.07. The average Bonchev–Trinajstić information content (AvgIpc) is 2.92. The fourth-order valence-electron chi connectivity index (χ4n) is 5.60. The number of aliphatic carboxylic acids is 1. The molecule has 1 heterocycles. The first-order valence-corrected chi connectivity index (χ1v) is 14.8. The van der Waals surface area contributed by atoms with Crippen molar-refractivity contribution in [2.75, 3.05) is 32.7 Å². The molecule has 2 rings (SSSR count). The summed E-state index contributed by atoms with van der Waals surface area (Å²) < 4.78 is 0. The van der Waals surface area contributed by atoms with Gasteiger partial charge in [0, 0.05) is 19.5 Å². The molecule has 0 bridgehead atoms. The van der Waals surface area contributed by atoms with Crippen LogP contribution in [0.4, 0.5) is 0 Å². The van der Waals surface area contributed by atoms with E-state index in [-0.39, 0.29) is 18.4 Å². The predicted octanol–water partition coefficient (Wildman–Crippen LogP) is 1.56. The molecule has 0 radical (unpaired) electrons. The molecule has 1 saturated heterocycles. The number of carboxylic acid groups (broad SMARTS) is 1. The van der Waals surface area contributed by atoms with Gasteiger partial charge in [-0.1, -0.05) is 32.1 Å². The summed E-state index contributed by atoms with van der Waals surface area (Å²) in [4.78, 5) is 64.3. The standard InChI is InChI=1S/C28H49N5O6/c1-3-30-27(38)22(17-21-9-6-5-7-10-21)32-28(39)23(18-26(36)37)31-24(34)19-33(4-2)25(35)12-8-11-20-13-15-29-16-14-20/h20-23,29H,3-19H2,1-2H3,(H,30,38)(H,31,34)(H,32,39)(H,36,37)/t22-,23-/m0/s1. The van der Waals surface area contributed by atoms with E-state index in [1.54, 1.807) is 13.8 Å². The zero-order valence-corrected chi connectivity index (χ0v) is 23.8. The molecule has 1 aliphatic heterocycles. The maximum Gasteiger partial charge on any atom is 0.305 e. The second-order valence-electron chi connectivity index (χ2n) is 10.9. The Labute approximate surface area is 232 Å². The van der Waals surface area contributed by atoms with Crippen molar-refractivity contribution in [1.82, 2.24) is 26.2 Å². The van der Waals surface area contributed by atoms with Crippen LogP contribution in [0.1, 0.15) is 90.9 Å². The average molecular weight is 552 g/mol. The van der Waals surface area contributed by atoms with Gasteiger partial charge in [-0.25, -0.2) is 0 Å². The molecule has 0 aromatic heterocycles. The molecular formula is C28H49N5O6. The van der Waals surface area contributed by atoms with Gasteiger partial charge in [-0.2, -0.15) is 0 Å². The maximum absolute atomic E-state index is 13.1. The molecule has 11 heteroatoms. The summed E-state index contributed by atoms with van der Waals surface area (Å²) in [5, 5.41) is 20.6. The van der Waals surface area contributed by atoms with Gasteiger partial charge < -0.3 is 31.3 Å². The third-order valence-electron chi connectivity index (χ3n) is 7.84. The molecular weight excluding hydrogens is 502 g/mol. The second kappa shape index (κ2) is 17.8. The van der Waals surface area contributed by atoms with Gasteiger partial charge in [0.15, 0.2) is 0 Å². The van der Waals surface area contributed by atoms with Gasteiger partial charge >= 0.3 is 5.97 Å². The number of amides is 4. The van der Waals surface area contributed by atoms with Crippen molar-refractivity contribution in [3.63, 3.8) is 0 Å². The van der Waals surface area contributed by atoms with E-state index in [9.17, 15) is 29.1 Å². The summed E-state index contributed by atoms with van der Waals surface area (Å²) in [6, 6.07) is -2.16. The quantitative estimate of drug-likeness (QED) is 0.195. The highest BCUT2D eigenvalue weighted by Crippen LogP contribution is 2.27. The Morgan fingerprint density at radius 1 is 0.897 bits per heavy atom. The van der Waals surface area contributed by atoms with E-state index >= 15 is 0 Å². The molecule has 5 N–H and O–H groups in total. The van der Waals surface area contributed by atoms with Crippen LogP contribution in [0.15, 0.2) is 0 Å². The molecule has 0 aromatic rings. The second-order valence-corrected chi connectivity index (χ2v) is 10.9. The lowest BCUT2D eigenvalue weighted by Gasteiger charge is -2.28. The maximum atomic E-state index is 13.1. The fraction of sp³-hybridized carbons (Fsp3) is 0.821. The topological polar surface area (TPSA) is 157 Å². The Morgan fingerprint density at radius 2 is 1.59 bits per heavy atom. The van der Waals surface area contributed by atoms with Gasteiger partial charge in [0.1, 0.15) is 12.1 Å². The highest BCUT2D eigenvalue weighted by Gasteiger charge is 2.31. The third kappa shape index (κ3) is 12.4. The van der Waals surface area contributed by atoms with Crippen LogP contribution in [-0.2, 0) is 24.0 Å². The van der Waals surface area contributed by atoms with Crippen LogP contribution in [0.2, 0.25) is 0 Å². The third-order valence-corrected chi connectivity index (χ3v) is 7.84. The normalized spacial score (nSPS) is 18.0. The van der Waals surface area contributed by atoms with E-state index in [0.717, 1.165) is 70.9 Å². The van der Waals surface area contributed by atoms with Crippen molar-refractivity contribution in [3.8, 4) is 0 Å². The number of rotatable bonds is 16. The number of hydrogen-bond acceptors (Lipinski definition) is 6. The van der Waals surface area contributed by atoms with Crippen LogP contribution >= 0.6 is 0 Å². The van der Waals surface area contributed by atoms with E-state index < -0.39 is 36.3 Å². The first-order valence-electron chi connectivity index (χ1n) is 14.8. The number of carbonyl (C=O) groups excluding carboxylic acids is 4. The molecule has 0 spiro atoms. The zero-order valence-electron chi connectivity index (χ0n) is 23.8. The Bertz CT molecular complexity index is 810. The Balaban J connectivity index is 1.93. The summed E-state index contributed by atoms with van der Waals surface area (Å²) in [5.74, 6) is -2.10. The number of carboxylic acids is 1. The van der Waals surface area contributed by atoms with Crippen molar-refractivity contribution in [2.24, 2.45) is 11.8 Å². The highest BCUT2D eigenvalue weighted by molar-refractivity contribution is 5.94. The van der Waals surface area contributed by atoms with E-state index in [2.05, 4.69) is 21.3 Å². The van der Waals surface area contributed by atoms with E-state index in [0.29, 0.717) is 37.8 Å². The first kappa shape index (κ1) is 32.5. The highest BCUT2D eigenvalue weighted by atomic mass is 16.4. The number of likely N-dealkylation sites (N-methyl/N-ethyl adjacent to an activating group) is 2. The van der Waals surface area contributed by atoms with Crippen LogP contribution in [0.5, 0.6) is 0 Å². The SMILES string of the molecule is CCNC(=O)[C@H](CC1CCCCC1)NC(=O)[C@H](CC(=O)O)NC(=O)CN(CC)C(=O)CCCC1CCNCC1. The monoisotopic (exact) mass is 551 g/mol. The smallest absolute Gasteiger partial charge is 0.305 e. The van der Waals surface area contributed by atoms with E-state index in [4.69, 9.17) is 0 Å². The van der Waals surface area contributed by atoms with Gasteiger partial charge in [0.25, 0.3) is 0 Å². The minimum Gasteiger partial charge on any atom is -0.481 e. The van der Waals surface area contributed by atoms with Gasteiger partial charge in [-0.05, 0) is 70.9 Å². The number of carbonyl (C=O) groups is 5. The van der Waals surface area contributed by atoms with Crippen molar-refractivity contribution in [2.45, 2.75) is 103 Å². The van der Waals surface area contributed by atoms with Gasteiger partial charge in [0.2, 0.25) is 23.6 Å². The Morgan fingerprint density at radius 3 is 2.21 bits per heavy atom. The minimum atomic E-state index is -1.35. The van der Waals surface area contributed by atoms with Crippen LogP contribution in [0.25, 0.3) is 0 Å². The molecule has 2 fully saturated rings. The zero-order chi connectivity index (χ0) is 28.6. The molecule has 4 amide bonds. The van der Waals surface area contributed by atoms with Gasteiger partial charge in [-0.15, -0.1) is 0 Å². The molecule has 0 unspecified atom stereocenters. The lowest BCUT2D eigenvalue weighted by atomic mass is 9.84. The number of nitrogens with zero attached hydrogens (tertiary/aromatic N) is 1. The number of piperidine rings is 1. The van der Waals surface area contributed by atoms with Crippen molar-refractivity contribution >= 4 is 29.6 Å². The van der Waals surface area contributed by atoms with E-state index in [1.165, 1.54) is 4.90 Å². The van der Waals surface area contributed by atoms with E-state index in [1.807, 2.05) is 0 Å². The molecule has 1 aliphatic carbocycles. The predicted molar refractivity (Wildman–Crippen MR) is 148 cm³/mol. The summed E-state index contributed by atoms with van der Waals surface area (Å²) >= 11 is 0. The lowest BCUT2D eigenvalue weighted by molar-refractivity contribution is -0.142. The lowest BCUT2D eigenvalue weighted by Crippen LogP contribution is -2.55. The van der Waals surface area contributed by atoms with Crippen LogP contribution in [0.3, 0.4) is 0 Å². The molecule has 39 heavy (non-hydrogen) atoms. The van der Waals surface area contributed by atoms with Gasteiger partial charge in [-0.3, -0.25) is 24.0 Å². The van der Waals surface area contributed by atoms with Crippen LogP contribution in [-0.4, -0.2) is 84.4 Å². The molecule has 2 aliphatic rings.